The summed E-state index contributed by atoms with van der Waals surface area (Å²) in [7, 11) is 3.15. The summed E-state index contributed by atoms with van der Waals surface area (Å²) in [6.07, 6.45) is 0. The number of carbonyl (C=O) groups is 2. The third-order valence-electron chi connectivity index (χ3n) is 3.91. The molecule has 1 amide bonds. The fourth-order valence-electron chi connectivity index (χ4n) is 2.58. The van der Waals surface area contributed by atoms with E-state index in [1.165, 1.54) is 11.3 Å². The molecule has 3 aromatic rings. The molecule has 1 N–H and O–H groups in total. The predicted octanol–water partition coefficient (Wildman–Crippen LogP) is 3.54. The number of amides is 1. The molecule has 0 atom stereocenters. The number of benzene rings is 1. The number of anilines is 1. The van der Waals surface area contributed by atoms with Gasteiger partial charge >= 0.3 is 5.97 Å². The van der Waals surface area contributed by atoms with Gasteiger partial charge in [-0.05, 0) is 19.1 Å². The molecule has 0 unspecified atom stereocenters. The van der Waals surface area contributed by atoms with Gasteiger partial charge in [0.15, 0.2) is 17.3 Å². The number of aromatic nitrogens is 2. The number of esters is 1. The van der Waals surface area contributed by atoms with E-state index in [-0.39, 0.29) is 24.0 Å². The fourth-order valence-corrected chi connectivity index (χ4v) is 4.02. The molecule has 0 fully saturated rings. The average molecular weight is 464 g/mol. The van der Waals surface area contributed by atoms with E-state index in [9.17, 15) is 9.59 Å². The Morgan fingerprint density at radius 1 is 1.23 bits per heavy atom. The molecule has 9 nitrogen and oxygen atoms in total. The Kier molecular flexibility index (Phi) is 7.90. The summed E-state index contributed by atoms with van der Waals surface area (Å²) in [5.74, 6) is 1.59. The Bertz CT molecular complexity index is 1050. The molecule has 0 radical (unpaired) electrons. The number of thiazole rings is 1. The fraction of sp³-hybridized carbons (Fsp3) is 0.300. The minimum Gasteiger partial charge on any atom is -0.493 e. The molecule has 0 bridgehead atoms. The van der Waals surface area contributed by atoms with Crippen LogP contribution in [0, 0.1) is 6.92 Å². The van der Waals surface area contributed by atoms with E-state index in [0.717, 1.165) is 22.3 Å². The van der Waals surface area contributed by atoms with E-state index in [2.05, 4.69) is 15.5 Å². The molecule has 0 spiro atoms. The number of carbonyl (C=O) groups excluding carboxylic acids is 2. The lowest BCUT2D eigenvalue weighted by Crippen LogP contribution is -2.16. The molecular weight excluding hydrogens is 442 g/mol. The largest absolute Gasteiger partial charge is 0.493 e. The van der Waals surface area contributed by atoms with Crippen LogP contribution in [0.15, 0.2) is 34.2 Å². The highest BCUT2D eigenvalue weighted by molar-refractivity contribution is 8.00. The summed E-state index contributed by atoms with van der Waals surface area (Å²) >= 11 is 2.57. The second-order valence-electron chi connectivity index (χ2n) is 6.21. The van der Waals surface area contributed by atoms with Crippen LogP contribution in [0.1, 0.15) is 11.5 Å². The van der Waals surface area contributed by atoms with E-state index < -0.39 is 5.97 Å². The maximum Gasteiger partial charge on any atom is 0.316 e. The van der Waals surface area contributed by atoms with Crippen LogP contribution in [-0.4, -0.2) is 47.7 Å². The van der Waals surface area contributed by atoms with Gasteiger partial charge in [-0.25, -0.2) is 4.98 Å². The molecule has 0 aliphatic rings. The molecule has 164 valence electrons. The Labute approximate surface area is 187 Å². The lowest BCUT2D eigenvalue weighted by atomic mass is 10.2. The average Bonchev–Trinajstić information content (AvgIpc) is 3.40. The molecular formula is C20H21N3O6S2. The highest BCUT2D eigenvalue weighted by Gasteiger charge is 2.15. The zero-order valence-electron chi connectivity index (χ0n) is 17.2. The van der Waals surface area contributed by atoms with Crippen molar-refractivity contribution in [3.8, 4) is 22.1 Å². The van der Waals surface area contributed by atoms with Crippen molar-refractivity contribution in [1.82, 2.24) is 10.1 Å². The first-order valence-corrected chi connectivity index (χ1v) is 11.2. The Balaban J connectivity index is 1.45. The number of ether oxygens (including phenoxy) is 3. The third kappa shape index (κ3) is 6.22. The van der Waals surface area contributed by atoms with Gasteiger partial charge in [-0.2, -0.15) is 0 Å². The molecule has 0 aliphatic carbocycles. The summed E-state index contributed by atoms with van der Waals surface area (Å²) in [5, 5.41) is 8.82. The van der Waals surface area contributed by atoms with Gasteiger partial charge in [-0.3, -0.25) is 9.59 Å². The quantitative estimate of drug-likeness (QED) is 0.451. The topological polar surface area (TPSA) is 113 Å². The third-order valence-corrected chi connectivity index (χ3v) is 5.75. The summed E-state index contributed by atoms with van der Waals surface area (Å²) in [5.41, 5.74) is 1.43. The molecule has 2 aromatic heterocycles. The number of methoxy groups -OCH3 is 2. The minimum atomic E-state index is -0.427. The van der Waals surface area contributed by atoms with Crippen LogP contribution in [0.25, 0.3) is 10.6 Å². The van der Waals surface area contributed by atoms with Gasteiger partial charge < -0.3 is 24.1 Å². The van der Waals surface area contributed by atoms with E-state index in [4.69, 9.17) is 18.7 Å². The first-order chi connectivity index (χ1) is 15.0. The van der Waals surface area contributed by atoms with E-state index in [1.54, 1.807) is 27.2 Å². The first-order valence-electron chi connectivity index (χ1n) is 9.12. The Hall–Kier alpha value is -3.05. The molecule has 3 rings (SSSR count). The van der Waals surface area contributed by atoms with Crippen molar-refractivity contribution in [2.75, 3.05) is 31.0 Å². The monoisotopic (exact) mass is 463 g/mol. The maximum atomic E-state index is 12.0. The normalized spacial score (nSPS) is 10.5. The zero-order chi connectivity index (χ0) is 22.2. The lowest BCUT2D eigenvalue weighted by Gasteiger charge is -2.10. The second-order valence-corrected chi connectivity index (χ2v) is 8.05. The predicted molar refractivity (Wildman–Crippen MR) is 118 cm³/mol. The second kappa shape index (κ2) is 10.8. The maximum absolute atomic E-state index is 12.0. The van der Waals surface area contributed by atoms with Crippen molar-refractivity contribution in [3.63, 3.8) is 0 Å². The van der Waals surface area contributed by atoms with Crippen LogP contribution in [0.4, 0.5) is 5.82 Å². The molecule has 0 saturated heterocycles. The number of aryl methyl sites for hydroxylation is 1. The number of rotatable bonds is 10. The number of para-hydroxylation sites is 1. The smallest absolute Gasteiger partial charge is 0.316 e. The minimum absolute atomic E-state index is 0.0476. The standard InChI is InChI=1S/C20H21N3O6S2/c1-12-7-16(23-29-12)22-17(24)10-30-11-18(25)28-8-13-9-31-20(21-13)14-5-4-6-15(26-2)19(14)27-3/h4-7,9H,8,10-11H2,1-3H3,(H,22,23,24). The first kappa shape index (κ1) is 22.6. The van der Waals surface area contributed by atoms with Crippen LogP contribution in [-0.2, 0) is 20.9 Å². The molecule has 31 heavy (non-hydrogen) atoms. The van der Waals surface area contributed by atoms with Crippen LogP contribution >= 0.6 is 23.1 Å². The zero-order valence-corrected chi connectivity index (χ0v) is 18.8. The molecule has 0 aliphatic heterocycles. The van der Waals surface area contributed by atoms with Crippen molar-refractivity contribution in [2.24, 2.45) is 0 Å². The number of nitrogens with zero attached hydrogens (tertiary/aromatic N) is 2. The van der Waals surface area contributed by atoms with Crippen molar-refractivity contribution in [1.29, 1.82) is 0 Å². The van der Waals surface area contributed by atoms with Crippen LogP contribution < -0.4 is 14.8 Å². The Morgan fingerprint density at radius 3 is 2.77 bits per heavy atom. The number of thioether (sulfide) groups is 1. The number of nitrogens with one attached hydrogen (secondary N) is 1. The number of hydrogen-bond donors (Lipinski definition) is 1. The summed E-state index contributed by atoms with van der Waals surface area (Å²) in [6, 6.07) is 7.16. The van der Waals surface area contributed by atoms with Crippen LogP contribution in [0.2, 0.25) is 0 Å². The lowest BCUT2D eigenvalue weighted by molar-refractivity contribution is -0.141. The SMILES string of the molecule is COc1cccc(-c2nc(COC(=O)CSCC(=O)Nc3cc(C)on3)cs2)c1OC. The van der Waals surface area contributed by atoms with E-state index in [1.807, 2.05) is 23.6 Å². The Morgan fingerprint density at radius 2 is 2.06 bits per heavy atom. The molecule has 2 heterocycles. The summed E-state index contributed by atoms with van der Waals surface area (Å²) < 4.78 is 20.9. The van der Waals surface area contributed by atoms with Crippen LogP contribution in [0.3, 0.4) is 0 Å². The highest BCUT2D eigenvalue weighted by atomic mass is 32.2. The summed E-state index contributed by atoms with van der Waals surface area (Å²) in [4.78, 5) is 28.3. The van der Waals surface area contributed by atoms with E-state index >= 15 is 0 Å². The van der Waals surface area contributed by atoms with Crippen molar-refractivity contribution in [2.45, 2.75) is 13.5 Å². The highest BCUT2D eigenvalue weighted by Crippen LogP contribution is 2.39. The van der Waals surface area contributed by atoms with Gasteiger partial charge in [0.2, 0.25) is 5.91 Å². The molecule has 11 heteroatoms. The number of hydrogen-bond acceptors (Lipinski definition) is 10. The van der Waals surface area contributed by atoms with Gasteiger partial charge in [0, 0.05) is 11.4 Å². The van der Waals surface area contributed by atoms with Crippen LogP contribution in [0.5, 0.6) is 11.5 Å². The van der Waals surface area contributed by atoms with Crippen molar-refractivity contribution in [3.05, 3.63) is 41.1 Å². The van der Waals surface area contributed by atoms with Gasteiger partial charge in [0.05, 0.1) is 37.0 Å². The van der Waals surface area contributed by atoms with Crippen molar-refractivity contribution < 1.29 is 28.3 Å². The van der Waals surface area contributed by atoms with Gasteiger partial charge in [0.1, 0.15) is 17.4 Å². The van der Waals surface area contributed by atoms with Crippen molar-refractivity contribution >= 4 is 40.8 Å². The van der Waals surface area contributed by atoms with Gasteiger partial charge in [0.25, 0.3) is 0 Å². The molecule has 1 aromatic carbocycles. The van der Waals surface area contributed by atoms with Gasteiger partial charge in [-0.1, -0.05) is 11.2 Å². The molecule has 0 saturated carbocycles. The van der Waals surface area contributed by atoms with Gasteiger partial charge in [-0.15, -0.1) is 23.1 Å². The summed E-state index contributed by atoms with van der Waals surface area (Å²) in [6.45, 7) is 1.78. The van der Waals surface area contributed by atoms with E-state index in [0.29, 0.717) is 28.8 Å².